The average Bonchev–Trinajstić information content (AvgIpc) is 3.56. The van der Waals surface area contributed by atoms with E-state index in [1.165, 1.54) is 71.3 Å². The molecule has 10 aromatic rings. The quantitative estimate of drug-likeness (QED) is 0.178. The summed E-state index contributed by atoms with van der Waals surface area (Å²) in [6, 6.07) is 65.7. The molecule has 10 rings (SSSR count). The molecule has 228 valence electrons. The normalized spacial score (nSPS) is 11.7. The van der Waals surface area contributed by atoms with E-state index in [2.05, 4.69) is 176 Å². The topological polar surface area (TPSA) is 13.1 Å². The lowest BCUT2D eigenvalue weighted by Crippen LogP contribution is -1.92. The van der Waals surface area contributed by atoms with Gasteiger partial charge in [0.2, 0.25) is 0 Å². The number of rotatable bonds is 4. The van der Waals surface area contributed by atoms with Gasteiger partial charge in [0, 0.05) is 10.8 Å². The van der Waals surface area contributed by atoms with Gasteiger partial charge in [-0.25, -0.2) is 0 Å². The van der Waals surface area contributed by atoms with Crippen LogP contribution in [0.1, 0.15) is 0 Å². The minimum Gasteiger partial charge on any atom is -0.456 e. The summed E-state index contributed by atoms with van der Waals surface area (Å²) in [6.07, 6.45) is 0. The average molecular weight is 623 g/mol. The van der Waals surface area contributed by atoms with Crippen molar-refractivity contribution in [2.75, 3.05) is 0 Å². The summed E-state index contributed by atoms with van der Waals surface area (Å²) in [5, 5.41) is 9.74. The molecule has 0 fully saturated rings. The predicted octanol–water partition coefficient (Wildman–Crippen LogP) is 13.7. The molecule has 0 amide bonds. The third-order valence-electron chi connectivity index (χ3n) is 10.1. The highest BCUT2D eigenvalue weighted by Crippen LogP contribution is 2.48. The van der Waals surface area contributed by atoms with E-state index < -0.39 is 0 Å². The molecule has 0 aliphatic heterocycles. The fraction of sp³-hybridized carbons (Fsp3) is 0. The van der Waals surface area contributed by atoms with E-state index in [-0.39, 0.29) is 0 Å². The van der Waals surface area contributed by atoms with Gasteiger partial charge in [-0.2, -0.15) is 0 Å². The van der Waals surface area contributed by atoms with Crippen LogP contribution in [0.2, 0.25) is 0 Å². The lowest BCUT2D eigenvalue weighted by atomic mass is 9.84. The van der Waals surface area contributed by atoms with Gasteiger partial charge >= 0.3 is 0 Å². The second-order valence-corrected chi connectivity index (χ2v) is 12.8. The third kappa shape index (κ3) is 4.40. The van der Waals surface area contributed by atoms with E-state index >= 15 is 0 Å². The SMILES string of the molecule is c1ccc(-c2cc(-c3c4ccccc4c(-c4ccc(-c5cccc6ccccc56)cc4)c4ccccc34)c3c(c2)oc2ccccc23)cc1. The van der Waals surface area contributed by atoms with Crippen molar-refractivity contribution in [1.82, 2.24) is 0 Å². The van der Waals surface area contributed by atoms with Crippen molar-refractivity contribution in [2.45, 2.75) is 0 Å². The van der Waals surface area contributed by atoms with E-state index in [4.69, 9.17) is 4.42 Å². The van der Waals surface area contributed by atoms with Gasteiger partial charge < -0.3 is 4.42 Å². The zero-order valence-corrected chi connectivity index (χ0v) is 26.7. The van der Waals surface area contributed by atoms with Crippen LogP contribution in [0, 0.1) is 0 Å². The molecule has 1 heteroatoms. The molecule has 1 aromatic heterocycles. The van der Waals surface area contributed by atoms with Gasteiger partial charge in [-0.05, 0) is 95.0 Å². The fourth-order valence-electron chi connectivity index (χ4n) is 7.87. The maximum atomic E-state index is 6.57. The predicted molar refractivity (Wildman–Crippen MR) is 208 cm³/mol. The summed E-state index contributed by atoms with van der Waals surface area (Å²) in [5.41, 5.74) is 11.5. The summed E-state index contributed by atoms with van der Waals surface area (Å²) in [6.45, 7) is 0. The van der Waals surface area contributed by atoms with Gasteiger partial charge in [-0.3, -0.25) is 0 Å². The van der Waals surface area contributed by atoms with Gasteiger partial charge in [-0.1, -0.05) is 164 Å². The highest BCUT2D eigenvalue weighted by molar-refractivity contribution is 6.26. The lowest BCUT2D eigenvalue weighted by molar-refractivity contribution is 0.669. The van der Waals surface area contributed by atoms with E-state index in [1.807, 2.05) is 6.07 Å². The Morgan fingerprint density at radius 3 is 1.55 bits per heavy atom. The van der Waals surface area contributed by atoms with E-state index in [1.54, 1.807) is 0 Å². The molecule has 0 saturated carbocycles. The highest BCUT2D eigenvalue weighted by atomic mass is 16.3. The smallest absolute Gasteiger partial charge is 0.136 e. The molecule has 0 aliphatic rings. The van der Waals surface area contributed by atoms with Crippen molar-refractivity contribution in [3.05, 3.63) is 182 Å². The number of para-hydroxylation sites is 1. The number of furan rings is 1. The number of hydrogen-bond donors (Lipinski definition) is 0. The Bertz CT molecular complexity index is 2790. The minimum absolute atomic E-state index is 0.902. The van der Waals surface area contributed by atoms with Crippen molar-refractivity contribution in [3.8, 4) is 44.5 Å². The van der Waals surface area contributed by atoms with Crippen LogP contribution in [0.4, 0.5) is 0 Å². The van der Waals surface area contributed by atoms with Crippen LogP contribution in [0.5, 0.6) is 0 Å². The van der Waals surface area contributed by atoms with Crippen molar-refractivity contribution in [1.29, 1.82) is 0 Å². The Morgan fingerprint density at radius 2 is 0.837 bits per heavy atom. The first-order valence-electron chi connectivity index (χ1n) is 16.8. The summed E-state index contributed by atoms with van der Waals surface area (Å²) >= 11 is 0. The molecule has 1 nitrogen and oxygen atoms in total. The van der Waals surface area contributed by atoms with Crippen molar-refractivity contribution in [2.24, 2.45) is 0 Å². The summed E-state index contributed by atoms with van der Waals surface area (Å²) in [4.78, 5) is 0. The Hall–Kier alpha value is -6.44. The van der Waals surface area contributed by atoms with Crippen LogP contribution >= 0.6 is 0 Å². The second kappa shape index (κ2) is 11.1. The number of hydrogen-bond acceptors (Lipinski definition) is 1. The molecular weight excluding hydrogens is 593 g/mol. The second-order valence-electron chi connectivity index (χ2n) is 12.8. The summed E-state index contributed by atoms with van der Waals surface area (Å²) in [7, 11) is 0. The van der Waals surface area contributed by atoms with Crippen molar-refractivity contribution < 1.29 is 4.42 Å². The molecule has 0 unspecified atom stereocenters. The fourth-order valence-corrected chi connectivity index (χ4v) is 7.87. The molecule has 0 spiro atoms. The molecule has 0 bridgehead atoms. The zero-order chi connectivity index (χ0) is 32.3. The Balaban J connectivity index is 1.26. The standard InChI is InChI=1S/C48H30O/c1-2-13-31(14-3-1)35-29-43(48-42-22-10-11-24-44(42)49-45(48)30-35)47-40-20-8-6-18-38(40)46(39-19-7-9-21-41(39)47)34-27-25-33(26-28-34)37-23-12-16-32-15-4-5-17-36(32)37/h1-30H. The zero-order valence-electron chi connectivity index (χ0n) is 26.7. The Labute approximate surface area is 284 Å². The number of benzene rings is 9. The van der Waals surface area contributed by atoms with E-state index in [0.717, 1.165) is 27.5 Å². The lowest BCUT2D eigenvalue weighted by Gasteiger charge is -2.19. The molecule has 1 heterocycles. The Morgan fingerprint density at radius 1 is 0.286 bits per heavy atom. The maximum absolute atomic E-state index is 6.57. The summed E-state index contributed by atoms with van der Waals surface area (Å²) in [5.74, 6) is 0. The number of fused-ring (bicyclic) bond motifs is 6. The Kier molecular flexibility index (Phi) is 6.25. The van der Waals surface area contributed by atoms with Gasteiger partial charge in [0.1, 0.15) is 11.2 Å². The van der Waals surface area contributed by atoms with Gasteiger partial charge in [-0.15, -0.1) is 0 Å². The highest BCUT2D eigenvalue weighted by Gasteiger charge is 2.21. The molecule has 9 aromatic carbocycles. The largest absolute Gasteiger partial charge is 0.456 e. The van der Waals surface area contributed by atoms with Crippen LogP contribution in [0.25, 0.3) is 98.8 Å². The maximum Gasteiger partial charge on any atom is 0.136 e. The molecule has 0 atom stereocenters. The van der Waals surface area contributed by atoms with Crippen molar-refractivity contribution in [3.63, 3.8) is 0 Å². The molecule has 0 aliphatic carbocycles. The molecule has 0 radical (unpaired) electrons. The van der Waals surface area contributed by atoms with Crippen LogP contribution in [-0.4, -0.2) is 0 Å². The van der Waals surface area contributed by atoms with Crippen LogP contribution in [0.15, 0.2) is 186 Å². The minimum atomic E-state index is 0.902. The van der Waals surface area contributed by atoms with E-state index in [9.17, 15) is 0 Å². The molecule has 0 saturated heterocycles. The molecular formula is C48H30O. The van der Waals surface area contributed by atoms with Crippen molar-refractivity contribution >= 4 is 54.3 Å². The first-order chi connectivity index (χ1) is 24.3. The van der Waals surface area contributed by atoms with Crippen LogP contribution in [0.3, 0.4) is 0 Å². The molecule has 49 heavy (non-hydrogen) atoms. The monoisotopic (exact) mass is 622 g/mol. The summed E-state index contributed by atoms with van der Waals surface area (Å²) < 4.78 is 6.57. The third-order valence-corrected chi connectivity index (χ3v) is 10.1. The van der Waals surface area contributed by atoms with Gasteiger partial charge in [0.15, 0.2) is 0 Å². The molecule has 0 N–H and O–H groups in total. The van der Waals surface area contributed by atoms with Gasteiger partial charge in [0.05, 0.1) is 0 Å². The van der Waals surface area contributed by atoms with Crippen LogP contribution in [-0.2, 0) is 0 Å². The van der Waals surface area contributed by atoms with Crippen LogP contribution < -0.4 is 0 Å². The first kappa shape index (κ1) is 27.7. The first-order valence-corrected chi connectivity index (χ1v) is 16.8. The van der Waals surface area contributed by atoms with E-state index in [0.29, 0.717) is 0 Å². The van der Waals surface area contributed by atoms with Gasteiger partial charge in [0.25, 0.3) is 0 Å².